The Labute approximate surface area is 355 Å². The number of carbonyl (C=O) groups excluding carboxylic acids is 1. The summed E-state index contributed by atoms with van der Waals surface area (Å²) in [7, 11) is -4.29. The summed E-state index contributed by atoms with van der Waals surface area (Å²) in [5, 5.41) is 0. The lowest BCUT2D eigenvalue weighted by molar-refractivity contribution is -0.154. The Balaban J connectivity index is 4.07. The standard InChI is InChI=1S/C49H84NO7P/c1-3-5-7-9-11-13-15-17-19-21-22-23-24-25-26-27-28-30-32-34-36-38-40-42-49(51)57-48(47-56-58(52,53)55-45-43-50)46-54-44-41-39-37-35-33-31-29-20-18-16-14-12-10-8-6-4-2/h5-8,11-14,17-20,22-23,25-26,48H,3-4,9-10,15-16,21,24,27-47,50H2,1-2H3,(H,52,53)/b7-5-,8-6-,13-11-,14-12-,19-17-,20-18-,23-22-,26-25-. The molecule has 332 valence electrons. The zero-order chi connectivity index (χ0) is 42.3. The van der Waals surface area contributed by atoms with Crippen LogP contribution in [0.5, 0.6) is 0 Å². The number of phosphoric ester groups is 1. The second-order valence-corrected chi connectivity index (χ2v) is 16.0. The van der Waals surface area contributed by atoms with Gasteiger partial charge in [0.15, 0.2) is 0 Å². The van der Waals surface area contributed by atoms with Crippen molar-refractivity contribution in [2.45, 2.75) is 174 Å². The molecular weight excluding hydrogens is 746 g/mol. The van der Waals surface area contributed by atoms with Crippen molar-refractivity contribution in [2.24, 2.45) is 5.73 Å². The van der Waals surface area contributed by atoms with Gasteiger partial charge in [-0.05, 0) is 89.9 Å². The van der Waals surface area contributed by atoms with Crippen molar-refractivity contribution in [1.82, 2.24) is 0 Å². The molecule has 0 radical (unpaired) electrons. The van der Waals surface area contributed by atoms with Gasteiger partial charge in [0.2, 0.25) is 0 Å². The first-order valence-corrected chi connectivity index (χ1v) is 24.2. The molecule has 0 aliphatic heterocycles. The SMILES string of the molecule is CC/C=C\C/C=C\C/C=C\C/C=C\C/C=C\CCCCCCCCCC(=O)OC(COCCCCCCCC/C=C\C/C=C\C/C=C\CC)COP(=O)(O)OCCN. The van der Waals surface area contributed by atoms with Gasteiger partial charge in [0.25, 0.3) is 0 Å². The van der Waals surface area contributed by atoms with Crippen LogP contribution >= 0.6 is 7.82 Å². The summed E-state index contributed by atoms with van der Waals surface area (Å²) in [6.45, 7) is 4.63. The molecule has 0 saturated heterocycles. The van der Waals surface area contributed by atoms with Crippen LogP contribution in [0.1, 0.15) is 168 Å². The number of rotatable bonds is 42. The normalized spacial score (nSPS) is 14.3. The Morgan fingerprint density at radius 2 is 0.914 bits per heavy atom. The van der Waals surface area contributed by atoms with Gasteiger partial charge in [-0.15, -0.1) is 0 Å². The van der Waals surface area contributed by atoms with E-state index in [-0.39, 0.29) is 32.3 Å². The topological polar surface area (TPSA) is 117 Å². The van der Waals surface area contributed by atoms with Crippen LogP contribution < -0.4 is 5.73 Å². The lowest BCUT2D eigenvalue weighted by atomic mass is 10.1. The minimum Gasteiger partial charge on any atom is -0.457 e. The van der Waals surface area contributed by atoms with Crippen LogP contribution in [-0.4, -0.2) is 49.9 Å². The Morgan fingerprint density at radius 3 is 1.36 bits per heavy atom. The maximum atomic E-state index is 12.6. The van der Waals surface area contributed by atoms with E-state index in [0.717, 1.165) is 109 Å². The van der Waals surface area contributed by atoms with Gasteiger partial charge in [-0.2, -0.15) is 0 Å². The number of phosphoric acid groups is 1. The molecule has 0 amide bonds. The number of allylic oxidation sites excluding steroid dienone is 16. The van der Waals surface area contributed by atoms with Gasteiger partial charge >= 0.3 is 13.8 Å². The third-order valence-electron chi connectivity index (χ3n) is 9.00. The van der Waals surface area contributed by atoms with Gasteiger partial charge in [-0.1, -0.05) is 169 Å². The van der Waals surface area contributed by atoms with E-state index in [0.29, 0.717) is 13.0 Å². The zero-order valence-electron chi connectivity index (χ0n) is 36.7. The number of ether oxygens (including phenoxy) is 2. The van der Waals surface area contributed by atoms with Crippen LogP contribution in [0.25, 0.3) is 0 Å². The lowest BCUT2D eigenvalue weighted by Gasteiger charge is -2.20. The molecule has 2 atom stereocenters. The third kappa shape index (κ3) is 44.5. The quantitative estimate of drug-likeness (QED) is 0.0270. The van der Waals surface area contributed by atoms with Crippen LogP contribution in [0.15, 0.2) is 97.2 Å². The monoisotopic (exact) mass is 830 g/mol. The highest BCUT2D eigenvalue weighted by Gasteiger charge is 2.25. The van der Waals surface area contributed by atoms with E-state index in [9.17, 15) is 14.3 Å². The maximum Gasteiger partial charge on any atom is 0.472 e. The van der Waals surface area contributed by atoms with Gasteiger partial charge in [0.05, 0.1) is 19.8 Å². The minimum absolute atomic E-state index is 0.0903. The summed E-state index contributed by atoms with van der Waals surface area (Å²) >= 11 is 0. The van der Waals surface area contributed by atoms with Gasteiger partial charge in [0, 0.05) is 19.6 Å². The van der Waals surface area contributed by atoms with E-state index in [1.165, 1.54) is 38.5 Å². The summed E-state index contributed by atoms with van der Waals surface area (Å²) in [5.41, 5.74) is 5.37. The number of carbonyl (C=O) groups is 1. The molecule has 0 heterocycles. The van der Waals surface area contributed by atoms with E-state index >= 15 is 0 Å². The fraction of sp³-hybridized carbons (Fsp3) is 0.653. The summed E-state index contributed by atoms with van der Waals surface area (Å²) in [6.07, 6.45) is 60.0. The Hall–Kier alpha value is -2.58. The number of hydrogen-bond acceptors (Lipinski definition) is 7. The fourth-order valence-electron chi connectivity index (χ4n) is 5.74. The molecule has 58 heavy (non-hydrogen) atoms. The summed E-state index contributed by atoms with van der Waals surface area (Å²) in [4.78, 5) is 22.5. The second-order valence-electron chi connectivity index (χ2n) is 14.5. The molecule has 0 rings (SSSR count). The first kappa shape index (κ1) is 55.4. The molecule has 9 heteroatoms. The van der Waals surface area contributed by atoms with Crippen LogP contribution in [-0.2, 0) is 27.9 Å². The van der Waals surface area contributed by atoms with Gasteiger partial charge in [0.1, 0.15) is 6.10 Å². The molecule has 0 spiro atoms. The third-order valence-corrected chi connectivity index (χ3v) is 9.98. The van der Waals surface area contributed by atoms with Crippen LogP contribution in [0.4, 0.5) is 0 Å². The minimum atomic E-state index is -4.29. The van der Waals surface area contributed by atoms with Crippen molar-refractivity contribution in [2.75, 3.05) is 33.0 Å². The molecular formula is C49H84NO7P. The number of unbranched alkanes of at least 4 members (excludes halogenated alkanes) is 13. The Kier molecular flexibility index (Phi) is 43.5. The first-order chi connectivity index (χ1) is 28.4. The Bertz CT molecular complexity index is 1200. The Morgan fingerprint density at radius 1 is 0.517 bits per heavy atom. The first-order valence-electron chi connectivity index (χ1n) is 22.7. The smallest absolute Gasteiger partial charge is 0.457 e. The molecule has 0 fully saturated rings. The van der Waals surface area contributed by atoms with Crippen LogP contribution in [0, 0.1) is 0 Å². The molecule has 0 aromatic heterocycles. The van der Waals surface area contributed by atoms with Crippen molar-refractivity contribution in [3.8, 4) is 0 Å². The molecule has 2 unspecified atom stereocenters. The van der Waals surface area contributed by atoms with E-state index < -0.39 is 13.9 Å². The average molecular weight is 830 g/mol. The zero-order valence-corrected chi connectivity index (χ0v) is 37.6. The van der Waals surface area contributed by atoms with Crippen molar-refractivity contribution in [3.05, 3.63) is 97.2 Å². The predicted octanol–water partition coefficient (Wildman–Crippen LogP) is 13.9. The lowest BCUT2D eigenvalue weighted by Crippen LogP contribution is -2.28. The van der Waals surface area contributed by atoms with E-state index in [4.69, 9.17) is 24.3 Å². The molecule has 0 aliphatic rings. The van der Waals surface area contributed by atoms with Crippen molar-refractivity contribution < 1.29 is 32.8 Å². The summed E-state index contributed by atoms with van der Waals surface area (Å²) < 4.78 is 33.5. The largest absolute Gasteiger partial charge is 0.472 e. The molecule has 3 N–H and O–H groups in total. The number of nitrogens with two attached hydrogens (primary N) is 1. The molecule has 0 aliphatic carbocycles. The van der Waals surface area contributed by atoms with Crippen LogP contribution in [0.2, 0.25) is 0 Å². The van der Waals surface area contributed by atoms with Gasteiger partial charge in [-0.3, -0.25) is 13.8 Å². The van der Waals surface area contributed by atoms with Gasteiger partial charge in [-0.25, -0.2) is 4.57 Å². The van der Waals surface area contributed by atoms with Crippen molar-refractivity contribution >= 4 is 13.8 Å². The molecule has 0 saturated carbocycles. The fourth-order valence-corrected chi connectivity index (χ4v) is 6.51. The molecule has 8 nitrogen and oxygen atoms in total. The number of esters is 1. The van der Waals surface area contributed by atoms with E-state index in [1.54, 1.807) is 0 Å². The molecule has 0 aromatic carbocycles. The molecule has 0 aromatic rings. The highest BCUT2D eigenvalue weighted by atomic mass is 31.2. The van der Waals surface area contributed by atoms with E-state index in [1.807, 2.05) is 0 Å². The summed E-state index contributed by atoms with van der Waals surface area (Å²) in [5.74, 6) is -0.351. The van der Waals surface area contributed by atoms with E-state index in [2.05, 4.69) is 111 Å². The number of hydrogen-bond donors (Lipinski definition) is 2. The predicted molar refractivity (Wildman–Crippen MR) is 247 cm³/mol. The van der Waals surface area contributed by atoms with Crippen molar-refractivity contribution in [3.63, 3.8) is 0 Å². The average Bonchev–Trinajstić information content (AvgIpc) is 3.21. The van der Waals surface area contributed by atoms with Gasteiger partial charge < -0.3 is 20.1 Å². The van der Waals surface area contributed by atoms with Crippen molar-refractivity contribution in [1.29, 1.82) is 0 Å². The highest BCUT2D eigenvalue weighted by molar-refractivity contribution is 7.47. The maximum absolute atomic E-state index is 12.6. The molecule has 0 bridgehead atoms. The summed E-state index contributed by atoms with van der Waals surface area (Å²) in [6, 6.07) is 0. The van der Waals surface area contributed by atoms with Crippen LogP contribution in [0.3, 0.4) is 0 Å². The highest BCUT2D eigenvalue weighted by Crippen LogP contribution is 2.43. The second kappa shape index (κ2) is 45.5.